The zero-order chi connectivity index (χ0) is 16.8. The van der Waals surface area contributed by atoms with Crippen molar-refractivity contribution in [1.29, 1.82) is 0 Å². The van der Waals surface area contributed by atoms with Crippen molar-refractivity contribution < 1.29 is 9.53 Å². The number of hydrogen-bond donors (Lipinski definition) is 1. The highest BCUT2D eigenvalue weighted by atomic mass is 35.5. The van der Waals surface area contributed by atoms with E-state index in [1.807, 2.05) is 29.6 Å². The molecule has 0 aliphatic carbocycles. The van der Waals surface area contributed by atoms with Crippen molar-refractivity contribution in [1.82, 2.24) is 10.2 Å². The second-order valence-corrected chi connectivity index (χ2v) is 7.15. The van der Waals surface area contributed by atoms with Gasteiger partial charge in [-0.05, 0) is 30.0 Å². The first kappa shape index (κ1) is 16.9. The smallest absolute Gasteiger partial charge is 0.226 e. The number of rotatable bonds is 7. The van der Waals surface area contributed by atoms with Crippen LogP contribution < -0.4 is 10.1 Å². The van der Waals surface area contributed by atoms with E-state index in [0.717, 1.165) is 9.88 Å². The van der Waals surface area contributed by atoms with Crippen molar-refractivity contribution >= 4 is 45.3 Å². The van der Waals surface area contributed by atoms with E-state index in [4.69, 9.17) is 16.3 Å². The predicted molar refractivity (Wildman–Crippen MR) is 98.0 cm³/mol. The average molecular weight is 380 g/mol. The summed E-state index contributed by atoms with van der Waals surface area (Å²) < 4.78 is 5.55. The van der Waals surface area contributed by atoms with Gasteiger partial charge in [-0.15, -0.1) is 21.5 Å². The fourth-order valence-corrected chi connectivity index (χ4v) is 3.67. The summed E-state index contributed by atoms with van der Waals surface area (Å²) in [6, 6.07) is 11.2. The van der Waals surface area contributed by atoms with E-state index in [9.17, 15) is 4.79 Å². The van der Waals surface area contributed by atoms with E-state index in [1.165, 1.54) is 11.3 Å². The first-order valence-corrected chi connectivity index (χ1v) is 9.34. The molecular weight excluding hydrogens is 366 g/mol. The standard InChI is InChI=1S/C16H14ClN3O2S2/c17-11-5-1-2-6-12(11)22-9-3-8-14(21)18-16-20-19-15(24-16)13-7-4-10-23-13/h1-2,4-7,10H,3,8-9H2,(H,18,20,21). The summed E-state index contributed by atoms with van der Waals surface area (Å²) in [5.74, 6) is 0.524. The van der Waals surface area contributed by atoms with Gasteiger partial charge >= 0.3 is 0 Å². The van der Waals surface area contributed by atoms with E-state index in [0.29, 0.717) is 35.4 Å². The highest BCUT2D eigenvalue weighted by Gasteiger charge is 2.10. The number of carbonyl (C=O) groups excluding carboxylic acids is 1. The molecule has 5 nitrogen and oxygen atoms in total. The lowest BCUT2D eigenvalue weighted by Crippen LogP contribution is -2.12. The lowest BCUT2D eigenvalue weighted by atomic mass is 10.3. The summed E-state index contributed by atoms with van der Waals surface area (Å²) >= 11 is 8.96. The molecule has 8 heteroatoms. The van der Waals surface area contributed by atoms with E-state index in [1.54, 1.807) is 23.5 Å². The fourth-order valence-electron chi connectivity index (χ4n) is 1.93. The molecule has 3 rings (SSSR count). The van der Waals surface area contributed by atoms with E-state index >= 15 is 0 Å². The molecule has 0 radical (unpaired) electrons. The van der Waals surface area contributed by atoms with Gasteiger partial charge in [-0.3, -0.25) is 4.79 Å². The summed E-state index contributed by atoms with van der Waals surface area (Å²) in [5.41, 5.74) is 0. The minimum atomic E-state index is -0.105. The molecule has 0 spiro atoms. The van der Waals surface area contributed by atoms with Crippen LogP contribution in [0.1, 0.15) is 12.8 Å². The highest BCUT2D eigenvalue weighted by Crippen LogP contribution is 2.29. The second kappa shape index (κ2) is 8.23. The van der Waals surface area contributed by atoms with Gasteiger partial charge in [-0.1, -0.05) is 41.1 Å². The van der Waals surface area contributed by atoms with Crippen molar-refractivity contribution in [3.8, 4) is 15.6 Å². The summed E-state index contributed by atoms with van der Waals surface area (Å²) in [6.07, 6.45) is 0.937. The molecule has 0 saturated heterocycles. The van der Waals surface area contributed by atoms with E-state index < -0.39 is 0 Å². The number of thiophene rings is 1. The predicted octanol–water partition coefficient (Wildman–Crippen LogP) is 4.72. The lowest BCUT2D eigenvalue weighted by Gasteiger charge is -2.07. The number of ether oxygens (including phenoxy) is 1. The number of aromatic nitrogens is 2. The monoisotopic (exact) mass is 379 g/mol. The van der Waals surface area contributed by atoms with Crippen LogP contribution in [0.15, 0.2) is 41.8 Å². The van der Waals surface area contributed by atoms with Crippen molar-refractivity contribution in [2.45, 2.75) is 12.8 Å². The molecule has 2 aromatic heterocycles. The van der Waals surface area contributed by atoms with Gasteiger partial charge in [0.15, 0.2) is 5.01 Å². The van der Waals surface area contributed by atoms with Crippen LogP contribution in [-0.2, 0) is 4.79 Å². The maximum atomic E-state index is 11.9. The van der Waals surface area contributed by atoms with Crippen LogP contribution in [0.2, 0.25) is 5.02 Å². The summed E-state index contributed by atoms with van der Waals surface area (Å²) in [6.45, 7) is 0.424. The largest absolute Gasteiger partial charge is 0.492 e. The van der Waals surface area contributed by atoms with Crippen molar-refractivity contribution in [3.05, 3.63) is 46.8 Å². The number of para-hydroxylation sites is 1. The first-order valence-electron chi connectivity index (χ1n) is 7.27. The molecule has 0 saturated carbocycles. The number of amides is 1. The zero-order valence-corrected chi connectivity index (χ0v) is 15.0. The Morgan fingerprint density at radius 1 is 1.21 bits per heavy atom. The Labute approximate surface area is 152 Å². The third kappa shape index (κ3) is 4.53. The van der Waals surface area contributed by atoms with Gasteiger partial charge in [-0.25, -0.2) is 0 Å². The Hall–Kier alpha value is -1.96. The SMILES string of the molecule is O=C(CCCOc1ccccc1Cl)Nc1nnc(-c2cccs2)s1. The normalized spacial score (nSPS) is 10.5. The molecule has 0 atom stereocenters. The second-order valence-electron chi connectivity index (χ2n) is 4.82. The van der Waals surface area contributed by atoms with Gasteiger partial charge in [-0.2, -0.15) is 0 Å². The summed E-state index contributed by atoms with van der Waals surface area (Å²) in [4.78, 5) is 13.0. The Morgan fingerprint density at radius 3 is 2.88 bits per heavy atom. The molecule has 3 aromatic rings. The van der Waals surface area contributed by atoms with E-state index in [-0.39, 0.29) is 5.91 Å². The quantitative estimate of drug-likeness (QED) is 0.603. The highest BCUT2D eigenvalue weighted by molar-refractivity contribution is 7.23. The minimum Gasteiger partial charge on any atom is -0.492 e. The van der Waals surface area contributed by atoms with Crippen LogP contribution in [0.25, 0.3) is 9.88 Å². The molecule has 24 heavy (non-hydrogen) atoms. The maximum absolute atomic E-state index is 11.9. The molecular formula is C16H14ClN3O2S2. The molecule has 0 aliphatic rings. The molecule has 0 bridgehead atoms. The van der Waals surface area contributed by atoms with Gasteiger partial charge in [0.2, 0.25) is 11.0 Å². The minimum absolute atomic E-state index is 0.105. The molecule has 0 aliphatic heterocycles. The van der Waals surface area contributed by atoms with Crippen LogP contribution in [-0.4, -0.2) is 22.7 Å². The van der Waals surface area contributed by atoms with Crippen LogP contribution in [0.3, 0.4) is 0 Å². The first-order chi connectivity index (χ1) is 11.7. The van der Waals surface area contributed by atoms with Gasteiger partial charge < -0.3 is 10.1 Å². The number of halogens is 1. The number of hydrogen-bond acceptors (Lipinski definition) is 6. The summed E-state index contributed by atoms with van der Waals surface area (Å²) in [7, 11) is 0. The number of anilines is 1. The third-order valence-corrected chi connectivity index (χ3v) is 5.24. The van der Waals surface area contributed by atoms with Crippen molar-refractivity contribution in [2.24, 2.45) is 0 Å². The third-order valence-electron chi connectivity index (χ3n) is 3.05. The molecule has 124 valence electrons. The molecule has 0 unspecified atom stereocenters. The Morgan fingerprint density at radius 2 is 2.08 bits per heavy atom. The van der Waals surface area contributed by atoms with Crippen molar-refractivity contribution in [3.63, 3.8) is 0 Å². The molecule has 1 amide bonds. The van der Waals surface area contributed by atoms with Gasteiger partial charge in [0.25, 0.3) is 0 Å². The number of nitrogens with one attached hydrogen (secondary N) is 1. The molecule has 0 fully saturated rings. The summed E-state index contributed by atoms with van der Waals surface area (Å²) in [5, 5.41) is 14.7. The molecule has 2 heterocycles. The van der Waals surface area contributed by atoms with Crippen LogP contribution in [0, 0.1) is 0 Å². The number of nitrogens with zero attached hydrogens (tertiary/aromatic N) is 2. The lowest BCUT2D eigenvalue weighted by molar-refractivity contribution is -0.116. The Kier molecular flexibility index (Phi) is 5.79. The van der Waals surface area contributed by atoms with Crippen LogP contribution in [0.5, 0.6) is 5.75 Å². The average Bonchev–Trinajstić information content (AvgIpc) is 3.24. The molecule has 1 aromatic carbocycles. The zero-order valence-electron chi connectivity index (χ0n) is 12.6. The van der Waals surface area contributed by atoms with Gasteiger partial charge in [0, 0.05) is 6.42 Å². The van der Waals surface area contributed by atoms with E-state index in [2.05, 4.69) is 15.5 Å². The molecule has 1 N–H and O–H groups in total. The van der Waals surface area contributed by atoms with Crippen molar-refractivity contribution in [2.75, 3.05) is 11.9 Å². The van der Waals surface area contributed by atoms with Crippen LogP contribution in [0.4, 0.5) is 5.13 Å². The van der Waals surface area contributed by atoms with Gasteiger partial charge in [0.1, 0.15) is 5.75 Å². The maximum Gasteiger partial charge on any atom is 0.226 e. The Bertz CT molecular complexity index is 805. The van der Waals surface area contributed by atoms with Gasteiger partial charge in [0.05, 0.1) is 16.5 Å². The number of carbonyl (C=O) groups is 1. The Balaban J connectivity index is 1.42. The fraction of sp³-hybridized carbons (Fsp3) is 0.188. The topological polar surface area (TPSA) is 64.1 Å². The number of benzene rings is 1. The van der Waals surface area contributed by atoms with Crippen LogP contribution >= 0.6 is 34.3 Å².